The van der Waals surface area contributed by atoms with Gasteiger partial charge in [-0.2, -0.15) is 0 Å². The van der Waals surface area contributed by atoms with Gasteiger partial charge in [-0.1, -0.05) is 26.3 Å². The minimum absolute atomic E-state index is 0.000933. The Balaban J connectivity index is 1.76. The molecule has 1 aliphatic heterocycles. The number of hydrogen-bond acceptors (Lipinski definition) is 2. The van der Waals surface area contributed by atoms with Gasteiger partial charge in [-0.15, -0.1) is 0 Å². The highest BCUT2D eigenvalue weighted by Crippen LogP contribution is 2.64. The van der Waals surface area contributed by atoms with Crippen molar-refractivity contribution in [3.63, 3.8) is 0 Å². The van der Waals surface area contributed by atoms with Crippen molar-refractivity contribution >= 4 is 11.9 Å². The molecule has 138 valence electrons. The normalized spacial score (nSPS) is 46.1. The smallest absolute Gasteiger partial charge is 0.341 e. The zero-order chi connectivity index (χ0) is 18.0. The SMILES string of the molecule is CCN1C(=O)C(C(=O)O)=C[C@@]2(C)C1CC[C@@H]1[C@H]2CC[C@]2(C)CCC[C@@H]12. The molecule has 3 saturated carbocycles. The monoisotopic (exact) mass is 345 g/mol. The number of fused-ring (bicyclic) bond motifs is 5. The summed E-state index contributed by atoms with van der Waals surface area (Å²) in [6.07, 6.45) is 10.6. The second kappa shape index (κ2) is 5.59. The summed E-state index contributed by atoms with van der Waals surface area (Å²) in [5, 5.41) is 9.60. The van der Waals surface area contributed by atoms with Crippen LogP contribution >= 0.6 is 0 Å². The zero-order valence-electron chi connectivity index (χ0n) is 15.8. The van der Waals surface area contributed by atoms with E-state index in [1.807, 2.05) is 17.9 Å². The van der Waals surface area contributed by atoms with E-state index in [-0.39, 0.29) is 22.9 Å². The molecule has 4 heteroatoms. The molecule has 0 spiro atoms. The van der Waals surface area contributed by atoms with Crippen molar-refractivity contribution < 1.29 is 14.7 Å². The summed E-state index contributed by atoms with van der Waals surface area (Å²) in [5.74, 6) is 0.655. The van der Waals surface area contributed by atoms with E-state index in [0.29, 0.717) is 23.8 Å². The topological polar surface area (TPSA) is 57.6 Å². The molecule has 3 aliphatic carbocycles. The zero-order valence-corrected chi connectivity index (χ0v) is 15.8. The van der Waals surface area contributed by atoms with Crippen LogP contribution in [0.25, 0.3) is 0 Å². The first-order chi connectivity index (χ1) is 11.8. The van der Waals surface area contributed by atoms with Crippen LogP contribution in [0.5, 0.6) is 0 Å². The summed E-state index contributed by atoms with van der Waals surface area (Å²) >= 11 is 0. The van der Waals surface area contributed by atoms with Crippen molar-refractivity contribution in [2.75, 3.05) is 6.54 Å². The first-order valence-electron chi connectivity index (χ1n) is 10.1. The Bertz CT molecular complexity index is 641. The molecule has 3 fully saturated rings. The van der Waals surface area contributed by atoms with E-state index in [2.05, 4.69) is 13.8 Å². The van der Waals surface area contributed by atoms with Crippen LogP contribution in [-0.2, 0) is 9.59 Å². The van der Waals surface area contributed by atoms with Crippen LogP contribution in [0.3, 0.4) is 0 Å². The van der Waals surface area contributed by atoms with Crippen molar-refractivity contribution in [2.45, 2.75) is 71.8 Å². The van der Waals surface area contributed by atoms with Crippen LogP contribution in [0, 0.1) is 28.6 Å². The molecule has 1 unspecified atom stereocenters. The largest absolute Gasteiger partial charge is 0.478 e. The van der Waals surface area contributed by atoms with Crippen LogP contribution in [0.4, 0.5) is 0 Å². The molecule has 0 bridgehead atoms. The Morgan fingerprint density at radius 3 is 2.64 bits per heavy atom. The van der Waals surface area contributed by atoms with E-state index in [1.54, 1.807) is 0 Å². The van der Waals surface area contributed by atoms with Crippen LogP contribution in [0.2, 0.25) is 0 Å². The van der Waals surface area contributed by atoms with Gasteiger partial charge in [-0.05, 0) is 68.6 Å². The number of carboxylic acids is 1. The van der Waals surface area contributed by atoms with Crippen LogP contribution in [-0.4, -0.2) is 34.5 Å². The van der Waals surface area contributed by atoms with Gasteiger partial charge < -0.3 is 10.0 Å². The average Bonchev–Trinajstić information content (AvgIpc) is 2.96. The van der Waals surface area contributed by atoms with Crippen LogP contribution < -0.4 is 0 Å². The Labute approximate surface area is 150 Å². The predicted molar refractivity (Wildman–Crippen MR) is 95.9 cm³/mol. The molecule has 1 amide bonds. The van der Waals surface area contributed by atoms with E-state index in [0.717, 1.165) is 12.3 Å². The molecule has 0 aromatic rings. The molecule has 0 aromatic carbocycles. The molecular weight excluding hydrogens is 314 g/mol. The molecule has 4 rings (SSSR count). The van der Waals surface area contributed by atoms with E-state index in [9.17, 15) is 14.7 Å². The van der Waals surface area contributed by atoms with Crippen molar-refractivity contribution in [1.82, 2.24) is 4.90 Å². The first-order valence-corrected chi connectivity index (χ1v) is 10.1. The molecule has 25 heavy (non-hydrogen) atoms. The fraction of sp³-hybridized carbons (Fsp3) is 0.810. The summed E-state index contributed by atoms with van der Waals surface area (Å²) in [4.78, 5) is 26.2. The van der Waals surface area contributed by atoms with Gasteiger partial charge in [0.1, 0.15) is 5.57 Å². The van der Waals surface area contributed by atoms with Gasteiger partial charge >= 0.3 is 5.97 Å². The summed E-state index contributed by atoms with van der Waals surface area (Å²) in [6, 6.07) is 0.167. The van der Waals surface area contributed by atoms with Gasteiger partial charge in [0.05, 0.1) is 0 Å². The lowest BCUT2D eigenvalue weighted by atomic mass is 9.48. The van der Waals surface area contributed by atoms with Crippen LogP contribution in [0.1, 0.15) is 65.7 Å². The molecule has 1 heterocycles. The maximum absolute atomic E-state index is 12.7. The van der Waals surface area contributed by atoms with Gasteiger partial charge in [0.15, 0.2) is 0 Å². The molecule has 0 radical (unpaired) electrons. The number of amides is 1. The Morgan fingerprint density at radius 1 is 1.20 bits per heavy atom. The minimum atomic E-state index is -1.06. The molecule has 4 nitrogen and oxygen atoms in total. The van der Waals surface area contributed by atoms with Gasteiger partial charge in [0.25, 0.3) is 5.91 Å². The van der Waals surface area contributed by atoms with E-state index in [1.165, 1.54) is 38.5 Å². The summed E-state index contributed by atoms with van der Waals surface area (Å²) < 4.78 is 0. The standard InChI is InChI=1S/C21H31NO3/c1-4-22-17-8-7-13-15-6-5-10-20(15,2)11-9-16(13)21(17,3)12-14(18(22)23)19(24)25/h12-13,15-17H,4-11H2,1-3H3,(H,24,25)/t13-,15-,16+,17?,20-,21+/m0/s1. The van der Waals surface area contributed by atoms with Crippen molar-refractivity contribution in [3.05, 3.63) is 11.6 Å². The van der Waals surface area contributed by atoms with E-state index in [4.69, 9.17) is 0 Å². The fourth-order valence-electron chi connectivity index (χ4n) is 7.24. The maximum atomic E-state index is 12.7. The summed E-state index contributed by atoms with van der Waals surface area (Å²) in [7, 11) is 0. The molecule has 4 aliphatic rings. The molecule has 1 N–H and O–H groups in total. The second-order valence-electron chi connectivity index (χ2n) is 9.38. The summed E-state index contributed by atoms with van der Waals surface area (Å²) in [5.41, 5.74) is 0.310. The highest BCUT2D eigenvalue weighted by Gasteiger charge is 2.59. The lowest BCUT2D eigenvalue weighted by Crippen LogP contribution is -2.61. The minimum Gasteiger partial charge on any atom is -0.478 e. The van der Waals surface area contributed by atoms with Gasteiger partial charge in [-0.3, -0.25) is 4.79 Å². The second-order valence-corrected chi connectivity index (χ2v) is 9.38. The van der Waals surface area contributed by atoms with Crippen LogP contribution in [0.15, 0.2) is 11.6 Å². The quantitative estimate of drug-likeness (QED) is 0.773. The lowest BCUT2D eigenvalue weighted by Gasteiger charge is -2.60. The van der Waals surface area contributed by atoms with Gasteiger partial charge in [0.2, 0.25) is 0 Å². The van der Waals surface area contributed by atoms with Gasteiger partial charge in [0, 0.05) is 18.0 Å². The first kappa shape index (κ1) is 17.1. The third kappa shape index (κ3) is 2.25. The number of aliphatic carboxylic acids is 1. The molecule has 0 aromatic heterocycles. The van der Waals surface area contributed by atoms with Crippen molar-refractivity contribution in [2.24, 2.45) is 28.6 Å². The average molecular weight is 345 g/mol. The number of nitrogens with zero attached hydrogens (tertiary/aromatic N) is 1. The lowest BCUT2D eigenvalue weighted by molar-refractivity contribution is -0.147. The Kier molecular flexibility index (Phi) is 3.82. The van der Waals surface area contributed by atoms with E-state index < -0.39 is 5.97 Å². The highest BCUT2D eigenvalue weighted by atomic mass is 16.4. The molecular formula is C21H31NO3. The number of carboxylic acid groups (broad SMARTS) is 1. The number of likely N-dealkylation sites (N-methyl/N-ethyl adjacent to an activating group) is 1. The number of carbonyl (C=O) groups excluding carboxylic acids is 1. The predicted octanol–water partition coefficient (Wildman–Crippen LogP) is 3.86. The van der Waals surface area contributed by atoms with Crippen molar-refractivity contribution in [1.29, 1.82) is 0 Å². The maximum Gasteiger partial charge on any atom is 0.341 e. The number of carbonyl (C=O) groups is 2. The number of hydrogen-bond donors (Lipinski definition) is 1. The number of rotatable bonds is 2. The highest BCUT2D eigenvalue weighted by molar-refractivity contribution is 6.16. The summed E-state index contributed by atoms with van der Waals surface area (Å²) in [6.45, 7) is 7.30. The van der Waals surface area contributed by atoms with E-state index >= 15 is 0 Å². The Hall–Kier alpha value is -1.32. The fourth-order valence-corrected chi connectivity index (χ4v) is 7.24. The van der Waals surface area contributed by atoms with Gasteiger partial charge in [-0.25, -0.2) is 4.79 Å². The Morgan fingerprint density at radius 2 is 1.96 bits per heavy atom. The third-order valence-electron chi connectivity index (χ3n) is 8.40. The van der Waals surface area contributed by atoms with Crippen molar-refractivity contribution in [3.8, 4) is 0 Å². The molecule has 0 saturated heterocycles. The molecule has 6 atom stereocenters. The third-order valence-corrected chi connectivity index (χ3v) is 8.40.